The number of benzene rings is 1. The Bertz CT molecular complexity index is 479. The van der Waals surface area contributed by atoms with Crippen molar-refractivity contribution in [1.82, 2.24) is 5.32 Å². The molecule has 0 aromatic heterocycles. The SMILES string of the molecule is CCCNC(C1=CCCCO1)c1ccc(C(F)(F)F)cc1. The van der Waals surface area contributed by atoms with E-state index >= 15 is 0 Å². The molecule has 1 aliphatic heterocycles. The highest BCUT2D eigenvalue weighted by molar-refractivity contribution is 5.31. The van der Waals surface area contributed by atoms with Gasteiger partial charge >= 0.3 is 6.18 Å². The second-order valence-electron chi connectivity index (χ2n) is 5.10. The fourth-order valence-corrected chi connectivity index (χ4v) is 2.31. The number of hydrogen-bond donors (Lipinski definition) is 1. The lowest BCUT2D eigenvalue weighted by atomic mass is 10.0. The Morgan fingerprint density at radius 3 is 2.48 bits per heavy atom. The molecule has 0 spiro atoms. The third kappa shape index (κ3) is 4.24. The molecule has 0 amide bonds. The monoisotopic (exact) mass is 299 g/mol. The molecule has 5 heteroatoms. The molecule has 1 atom stereocenters. The van der Waals surface area contributed by atoms with Gasteiger partial charge in [0.05, 0.1) is 18.2 Å². The third-order valence-electron chi connectivity index (χ3n) is 3.42. The summed E-state index contributed by atoms with van der Waals surface area (Å²) in [6.07, 6.45) is 0.599. The summed E-state index contributed by atoms with van der Waals surface area (Å²) in [6.45, 7) is 3.50. The molecule has 1 aromatic rings. The summed E-state index contributed by atoms with van der Waals surface area (Å²) in [4.78, 5) is 0. The number of halogens is 3. The summed E-state index contributed by atoms with van der Waals surface area (Å²) < 4.78 is 43.5. The van der Waals surface area contributed by atoms with E-state index in [0.29, 0.717) is 6.61 Å². The summed E-state index contributed by atoms with van der Waals surface area (Å²) in [5, 5.41) is 3.34. The Morgan fingerprint density at radius 1 is 1.24 bits per heavy atom. The molecule has 0 radical (unpaired) electrons. The van der Waals surface area contributed by atoms with Crippen molar-refractivity contribution in [3.63, 3.8) is 0 Å². The molecule has 2 rings (SSSR count). The quantitative estimate of drug-likeness (QED) is 0.868. The van der Waals surface area contributed by atoms with Crippen LogP contribution in [-0.4, -0.2) is 13.2 Å². The van der Waals surface area contributed by atoms with E-state index in [1.54, 1.807) is 0 Å². The maximum absolute atomic E-state index is 12.6. The first kappa shape index (κ1) is 15.9. The predicted octanol–water partition coefficient (Wildman–Crippen LogP) is 4.44. The Morgan fingerprint density at radius 2 is 1.95 bits per heavy atom. The van der Waals surface area contributed by atoms with Gasteiger partial charge in [0.15, 0.2) is 0 Å². The first-order valence-electron chi connectivity index (χ1n) is 7.25. The molecule has 116 valence electrons. The maximum atomic E-state index is 12.6. The van der Waals surface area contributed by atoms with E-state index < -0.39 is 11.7 Å². The normalized spacial score (nSPS) is 17.0. The molecule has 1 aromatic carbocycles. The predicted molar refractivity (Wildman–Crippen MR) is 75.7 cm³/mol. The second kappa shape index (κ2) is 6.98. The van der Waals surface area contributed by atoms with Crippen molar-refractivity contribution in [3.8, 4) is 0 Å². The number of allylic oxidation sites excluding steroid dienone is 1. The van der Waals surface area contributed by atoms with Gasteiger partial charge in [-0.15, -0.1) is 0 Å². The van der Waals surface area contributed by atoms with E-state index in [2.05, 4.69) is 5.32 Å². The van der Waals surface area contributed by atoms with Crippen LogP contribution in [0.4, 0.5) is 13.2 Å². The van der Waals surface area contributed by atoms with E-state index in [4.69, 9.17) is 4.74 Å². The van der Waals surface area contributed by atoms with Gasteiger partial charge in [-0.05, 0) is 49.6 Å². The van der Waals surface area contributed by atoms with Crippen LogP contribution in [0.3, 0.4) is 0 Å². The zero-order valence-corrected chi connectivity index (χ0v) is 12.0. The number of hydrogen-bond acceptors (Lipinski definition) is 2. The topological polar surface area (TPSA) is 21.3 Å². The molecule has 0 saturated carbocycles. The van der Waals surface area contributed by atoms with Crippen LogP contribution < -0.4 is 5.32 Å². The van der Waals surface area contributed by atoms with Gasteiger partial charge in [-0.3, -0.25) is 0 Å². The molecule has 0 fully saturated rings. The van der Waals surface area contributed by atoms with Crippen molar-refractivity contribution < 1.29 is 17.9 Å². The van der Waals surface area contributed by atoms with Crippen LogP contribution in [-0.2, 0) is 10.9 Å². The van der Waals surface area contributed by atoms with Gasteiger partial charge in [-0.1, -0.05) is 19.1 Å². The molecule has 1 N–H and O–H groups in total. The molecule has 2 nitrogen and oxygen atoms in total. The van der Waals surface area contributed by atoms with E-state index in [-0.39, 0.29) is 6.04 Å². The second-order valence-corrected chi connectivity index (χ2v) is 5.10. The molecule has 0 bridgehead atoms. The molecule has 1 aliphatic rings. The largest absolute Gasteiger partial charge is 0.496 e. The van der Waals surface area contributed by atoms with Crippen molar-refractivity contribution in [1.29, 1.82) is 0 Å². The molecule has 21 heavy (non-hydrogen) atoms. The number of alkyl halides is 3. The maximum Gasteiger partial charge on any atom is 0.416 e. The summed E-state index contributed by atoms with van der Waals surface area (Å²) in [5.41, 5.74) is 0.170. The molecule has 1 unspecified atom stereocenters. The van der Waals surface area contributed by atoms with Crippen LogP contribution in [0.15, 0.2) is 36.1 Å². The summed E-state index contributed by atoms with van der Waals surface area (Å²) >= 11 is 0. The summed E-state index contributed by atoms with van der Waals surface area (Å²) in [6, 6.07) is 5.12. The fraction of sp³-hybridized carbons (Fsp3) is 0.500. The Kier molecular flexibility index (Phi) is 5.28. The van der Waals surface area contributed by atoms with Crippen molar-refractivity contribution in [3.05, 3.63) is 47.2 Å². The minimum absolute atomic E-state index is 0.174. The number of ether oxygens (including phenoxy) is 1. The Balaban J connectivity index is 2.21. The van der Waals surface area contributed by atoms with Gasteiger partial charge in [0.1, 0.15) is 5.76 Å². The average molecular weight is 299 g/mol. The highest BCUT2D eigenvalue weighted by atomic mass is 19.4. The lowest BCUT2D eigenvalue weighted by molar-refractivity contribution is -0.137. The van der Waals surface area contributed by atoms with Crippen LogP contribution in [0.1, 0.15) is 43.4 Å². The van der Waals surface area contributed by atoms with Gasteiger partial charge in [-0.25, -0.2) is 0 Å². The van der Waals surface area contributed by atoms with Gasteiger partial charge in [0, 0.05) is 0 Å². The van der Waals surface area contributed by atoms with Gasteiger partial charge in [0.25, 0.3) is 0 Å². The summed E-state index contributed by atoms with van der Waals surface area (Å²) in [5.74, 6) is 0.814. The smallest absolute Gasteiger partial charge is 0.416 e. The molecular formula is C16H20F3NO. The highest BCUT2D eigenvalue weighted by Crippen LogP contribution is 2.32. The summed E-state index contributed by atoms with van der Waals surface area (Å²) in [7, 11) is 0. The molecular weight excluding hydrogens is 279 g/mol. The highest BCUT2D eigenvalue weighted by Gasteiger charge is 2.30. The van der Waals surface area contributed by atoms with Crippen LogP contribution in [0, 0.1) is 0 Å². The van der Waals surface area contributed by atoms with Crippen molar-refractivity contribution in [2.45, 2.75) is 38.4 Å². The Labute approximate surface area is 123 Å². The fourth-order valence-electron chi connectivity index (χ4n) is 2.31. The van der Waals surface area contributed by atoms with Gasteiger partial charge in [0.2, 0.25) is 0 Å². The van der Waals surface area contributed by atoms with Crippen LogP contribution in [0.2, 0.25) is 0 Å². The first-order valence-corrected chi connectivity index (χ1v) is 7.25. The van der Waals surface area contributed by atoms with Crippen LogP contribution >= 0.6 is 0 Å². The zero-order chi connectivity index (χ0) is 15.3. The van der Waals surface area contributed by atoms with E-state index in [0.717, 1.165) is 49.3 Å². The molecule has 0 saturated heterocycles. The number of rotatable bonds is 5. The van der Waals surface area contributed by atoms with Crippen molar-refractivity contribution in [2.75, 3.05) is 13.2 Å². The lowest BCUT2D eigenvalue weighted by Gasteiger charge is -2.25. The van der Waals surface area contributed by atoms with Gasteiger partial charge < -0.3 is 10.1 Å². The van der Waals surface area contributed by atoms with Crippen LogP contribution in [0.5, 0.6) is 0 Å². The number of nitrogens with one attached hydrogen (secondary N) is 1. The van der Waals surface area contributed by atoms with Crippen LogP contribution in [0.25, 0.3) is 0 Å². The molecule has 1 heterocycles. The third-order valence-corrected chi connectivity index (χ3v) is 3.42. The minimum Gasteiger partial charge on any atom is -0.496 e. The minimum atomic E-state index is -4.30. The Hall–Kier alpha value is -1.49. The van der Waals surface area contributed by atoms with Crippen molar-refractivity contribution in [2.24, 2.45) is 0 Å². The molecule has 0 aliphatic carbocycles. The zero-order valence-electron chi connectivity index (χ0n) is 12.0. The van der Waals surface area contributed by atoms with E-state index in [1.165, 1.54) is 12.1 Å². The lowest BCUT2D eigenvalue weighted by Crippen LogP contribution is -2.26. The van der Waals surface area contributed by atoms with Crippen molar-refractivity contribution >= 4 is 0 Å². The van der Waals surface area contributed by atoms with E-state index in [9.17, 15) is 13.2 Å². The first-order chi connectivity index (χ1) is 10.0. The standard InChI is InChI=1S/C16H20F3NO/c1-2-10-20-15(14-5-3-4-11-21-14)12-6-8-13(9-7-12)16(17,18)19/h5-9,15,20H,2-4,10-11H2,1H3. The van der Waals surface area contributed by atoms with Gasteiger partial charge in [-0.2, -0.15) is 13.2 Å². The van der Waals surface area contributed by atoms with E-state index in [1.807, 2.05) is 13.0 Å². The average Bonchev–Trinajstić information content (AvgIpc) is 2.48.